The molecule has 1 aliphatic rings. The second-order valence-electron chi connectivity index (χ2n) is 8.31. The van der Waals surface area contributed by atoms with E-state index < -0.39 is 0 Å². The molecular formula is C21H27FN4O. The highest BCUT2D eigenvalue weighted by Gasteiger charge is 2.25. The van der Waals surface area contributed by atoms with Crippen LogP contribution in [0.4, 0.5) is 10.2 Å². The Hall–Kier alpha value is -2.50. The second-order valence-corrected chi connectivity index (χ2v) is 8.31. The van der Waals surface area contributed by atoms with E-state index in [-0.39, 0.29) is 17.1 Å². The molecule has 0 spiro atoms. The van der Waals surface area contributed by atoms with E-state index in [1.165, 1.54) is 12.1 Å². The number of anilines is 1. The second kappa shape index (κ2) is 7.62. The number of hydrogen-bond acceptors (Lipinski definition) is 4. The van der Waals surface area contributed by atoms with E-state index >= 15 is 0 Å². The minimum Gasteiger partial charge on any atom is -0.353 e. The number of rotatable bonds is 3. The Morgan fingerprint density at radius 1 is 1.11 bits per heavy atom. The van der Waals surface area contributed by atoms with Crippen LogP contribution in [0.2, 0.25) is 0 Å². The largest absolute Gasteiger partial charge is 0.353 e. The molecule has 0 aliphatic carbocycles. The molecule has 0 unspecified atom stereocenters. The van der Waals surface area contributed by atoms with Gasteiger partial charge in [-0.3, -0.25) is 4.79 Å². The van der Waals surface area contributed by atoms with E-state index in [0.717, 1.165) is 24.6 Å². The number of carbonyl (C=O) groups is 1. The summed E-state index contributed by atoms with van der Waals surface area (Å²) >= 11 is 0. The lowest BCUT2D eigenvalue weighted by atomic mass is 9.91. The van der Waals surface area contributed by atoms with Gasteiger partial charge in [-0.15, -0.1) is 0 Å². The van der Waals surface area contributed by atoms with E-state index in [2.05, 4.69) is 35.6 Å². The van der Waals surface area contributed by atoms with Gasteiger partial charge in [0.05, 0.1) is 0 Å². The molecule has 1 aliphatic heterocycles. The number of aromatic nitrogens is 2. The fourth-order valence-corrected chi connectivity index (χ4v) is 3.22. The highest BCUT2D eigenvalue weighted by molar-refractivity contribution is 5.77. The molecule has 144 valence electrons. The third-order valence-corrected chi connectivity index (χ3v) is 4.56. The van der Waals surface area contributed by atoms with Crippen LogP contribution >= 0.6 is 0 Å². The number of carbonyl (C=O) groups excluding carboxylic acids is 1. The van der Waals surface area contributed by atoms with Gasteiger partial charge in [-0.1, -0.05) is 32.9 Å². The summed E-state index contributed by atoms with van der Waals surface area (Å²) in [5, 5.41) is 0. The van der Waals surface area contributed by atoms with Crippen molar-refractivity contribution in [2.45, 2.75) is 34.1 Å². The van der Waals surface area contributed by atoms with Crippen molar-refractivity contribution in [2.24, 2.45) is 5.41 Å². The van der Waals surface area contributed by atoms with Crippen molar-refractivity contribution in [3.8, 4) is 11.4 Å². The molecule has 0 radical (unpaired) electrons. The third kappa shape index (κ3) is 5.02. The highest BCUT2D eigenvalue weighted by atomic mass is 19.1. The quantitative estimate of drug-likeness (QED) is 0.827. The molecule has 2 heterocycles. The maximum Gasteiger partial charge on any atom is 0.223 e. The molecule has 1 aromatic carbocycles. The monoisotopic (exact) mass is 370 g/mol. The molecule has 0 atom stereocenters. The van der Waals surface area contributed by atoms with E-state index in [1.54, 1.807) is 6.07 Å². The van der Waals surface area contributed by atoms with Gasteiger partial charge in [0.25, 0.3) is 0 Å². The fraction of sp³-hybridized carbons (Fsp3) is 0.476. The molecule has 1 saturated heterocycles. The van der Waals surface area contributed by atoms with Crippen LogP contribution in [0.15, 0.2) is 30.3 Å². The highest BCUT2D eigenvalue weighted by Crippen LogP contribution is 2.23. The zero-order valence-corrected chi connectivity index (χ0v) is 16.5. The van der Waals surface area contributed by atoms with Crippen LogP contribution in [-0.4, -0.2) is 47.0 Å². The van der Waals surface area contributed by atoms with Crippen molar-refractivity contribution in [1.82, 2.24) is 14.9 Å². The summed E-state index contributed by atoms with van der Waals surface area (Å²) < 4.78 is 13.5. The van der Waals surface area contributed by atoms with Gasteiger partial charge in [0, 0.05) is 49.9 Å². The molecular weight excluding hydrogens is 343 g/mol. The van der Waals surface area contributed by atoms with Crippen molar-refractivity contribution in [2.75, 3.05) is 31.1 Å². The molecule has 1 amide bonds. The van der Waals surface area contributed by atoms with Crippen LogP contribution in [0, 0.1) is 18.2 Å². The number of piperazine rings is 1. The molecule has 0 saturated carbocycles. The topological polar surface area (TPSA) is 49.3 Å². The van der Waals surface area contributed by atoms with Crippen molar-refractivity contribution >= 4 is 11.7 Å². The van der Waals surface area contributed by atoms with Crippen LogP contribution in [0.25, 0.3) is 11.4 Å². The first-order valence-corrected chi connectivity index (χ1v) is 9.36. The number of amides is 1. The Balaban J connectivity index is 1.72. The van der Waals surface area contributed by atoms with E-state index in [0.29, 0.717) is 30.9 Å². The van der Waals surface area contributed by atoms with Gasteiger partial charge in [-0.2, -0.15) is 0 Å². The van der Waals surface area contributed by atoms with Crippen LogP contribution in [-0.2, 0) is 4.79 Å². The normalized spacial score (nSPS) is 15.1. The van der Waals surface area contributed by atoms with E-state index in [4.69, 9.17) is 0 Å². The molecule has 0 N–H and O–H groups in total. The predicted octanol–water partition coefficient (Wildman–Crippen LogP) is 3.68. The smallest absolute Gasteiger partial charge is 0.223 e. The number of benzene rings is 1. The molecule has 5 nitrogen and oxygen atoms in total. The minimum absolute atomic E-state index is 0.00214. The Labute approximate surface area is 160 Å². The lowest BCUT2D eigenvalue weighted by molar-refractivity contribution is -0.133. The maximum absolute atomic E-state index is 13.5. The van der Waals surface area contributed by atoms with Gasteiger partial charge in [-0.25, -0.2) is 14.4 Å². The first kappa shape index (κ1) is 19.3. The number of aryl methyl sites for hydroxylation is 1. The number of nitrogens with zero attached hydrogens (tertiary/aromatic N) is 4. The third-order valence-electron chi connectivity index (χ3n) is 4.56. The molecule has 6 heteroatoms. The summed E-state index contributed by atoms with van der Waals surface area (Å²) in [6.45, 7) is 11.0. The predicted molar refractivity (Wildman–Crippen MR) is 105 cm³/mol. The molecule has 0 bridgehead atoms. The van der Waals surface area contributed by atoms with Crippen LogP contribution < -0.4 is 4.90 Å². The van der Waals surface area contributed by atoms with Crippen molar-refractivity contribution < 1.29 is 9.18 Å². The summed E-state index contributed by atoms with van der Waals surface area (Å²) in [5.41, 5.74) is 1.50. The number of hydrogen-bond donors (Lipinski definition) is 0. The van der Waals surface area contributed by atoms with Gasteiger partial charge < -0.3 is 9.80 Å². The summed E-state index contributed by atoms with van der Waals surface area (Å²) in [5.74, 6) is 1.26. The zero-order valence-electron chi connectivity index (χ0n) is 16.5. The average molecular weight is 370 g/mol. The Morgan fingerprint density at radius 2 is 1.81 bits per heavy atom. The van der Waals surface area contributed by atoms with E-state index in [1.807, 2.05) is 24.0 Å². The number of halogens is 1. The van der Waals surface area contributed by atoms with Crippen LogP contribution in [0.5, 0.6) is 0 Å². The van der Waals surface area contributed by atoms with Gasteiger partial charge in [-0.05, 0) is 24.5 Å². The van der Waals surface area contributed by atoms with Gasteiger partial charge in [0.15, 0.2) is 5.82 Å². The summed E-state index contributed by atoms with van der Waals surface area (Å²) in [7, 11) is 0. The molecule has 1 aromatic heterocycles. The van der Waals surface area contributed by atoms with Crippen molar-refractivity contribution in [1.29, 1.82) is 0 Å². The van der Waals surface area contributed by atoms with Gasteiger partial charge in [0.2, 0.25) is 5.91 Å². The fourth-order valence-electron chi connectivity index (χ4n) is 3.22. The van der Waals surface area contributed by atoms with Crippen LogP contribution in [0.1, 0.15) is 32.9 Å². The summed E-state index contributed by atoms with van der Waals surface area (Å²) in [6, 6.07) is 8.27. The minimum atomic E-state index is -0.301. The molecule has 2 aromatic rings. The Bertz CT molecular complexity index is 823. The lowest BCUT2D eigenvalue weighted by Gasteiger charge is -2.36. The molecule has 3 rings (SSSR count). The standard InChI is InChI=1S/C21H27FN4O/c1-15-12-18(24-20(23-15)16-6-5-7-17(22)13-16)25-8-10-26(11-9-25)19(27)14-21(2,3)4/h5-7,12-13H,8-11,14H2,1-4H3. The SMILES string of the molecule is Cc1cc(N2CCN(C(=O)CC(C)(C)C)CC2)nc(-c2cccc(F)c2)n1. The average Bonchev–Trinajstić information content (AvgIpc) is 2.60. The summed E-state index contributed by atoms with van der Waals surface area (Å²) in [4.78, 5) is 25.6. The summed E-state index contributed by atoms with van der Waals surface area (Å²) in [6.07, 6.45) is 0.559. The molecule has 27 heavy (non-hydrogen) atoms. The van der Waals surface area contributed by atoms with Gasteiger partial charge >= 0.3 is 0 Å². The molecule has 1 fully saturated rings. The Kier molecular flexibility index (Phi) is 5.44. The van der Waals surface area contributed by atoms with Crippen molar-refractivity contribution in [3.05, 3.63) is 41.8 Å². The van der Waals surface area contributed by atoms with E-state index in [9.17, 15) is 9.18 Å². The lowest BCUT2D eigenvalue weighted by Crippen LogP contribution is -2.49. The first-order chi connectivity index (χ1) is 12.7. The zero-order chi connectivity index (χ0) is 19.6. The Morgan fingerprint density at radius 3 is 2.44 bits per heavy atom. The van der Waals surface area contributed by atoms with Crippen molar-refractivity contribution in [3.63, 3.8) is 0 Å². The maximum atomic E-state index is 13.5. The van der Waals surface area contributed by atoms with Crippen LogP contribution in [0.3, 0.4) is 0 Å². The van der Waals surface area contributed by atoms with Gasteiger partial charge in [0.1, 0.15) is 11.6 Å². The first-order valence-electron chi connectivity index (χ1n) is 9.36.